The first kappa shape index (κ1) is 21.5. The summed E-state index contributed by atoms with van der Waals surface area (Å²) in [6.07, 6.45) is -6.18. The third-order valence-electron chi connectivity index (χ3n) is 5.77. The minimum atomic E-state index is -4.79. The highest BCUT2D eigenvalue weighted by Crippen LogP contribution is 2.47. The van der Waals surface area contributed by atoms with Gasteiger partial charge in [0.1, 0.15) is 5.52 Å². The minimum absolute atomic E-state index is 0.0531. The Hall–Kier alpha value is -2.70. The van der Waals surface area contributed by atoms with Crippen LogP contribution in [0.1, 0.15) is 18.4 Å². The van der Waals surface area contributed by atoms with Crippen molar-refractivity contribution in [3.05, 3.63) is 35.9 Å². The number of sulfonamides is 1. The molecule has 0 amide bonds. The average molecular weight is 455 g/mol. The number of nitrogen functional groups attached to an aromatic ring is 1. The highest BCUT2D eigenvalue weighted by atomic mass is 32.2. The van der Waals surface area contributed by atoms with Crippen molar-refractivity contribution in [2.24, 2.45) is 0 Å². The molecular formula is C19H20F3N5O3S. The third kappa shape index (κ3) is 3.44. The zero-order chi connectivity index (χ0) is 22.8. The number of halogens is 3. The second-order valence-corrected chi connectivity index (χ2v) is 9.79. The van der Waals surface area contributed by atoms with E-state index in [2.05, 4.69) is 15.2 Å². The Labute approximate surface area is 175 Å². The summed E-state index contributed by atoms with van der Waals surface area (Å²) in [4.78, 5) is 4.42. The number of aromatic nitrogens is 3. The number of nitrogens with zero attached hydrogens (tertiary/aromatic N) is 3. The van der Waals surface area contributed by atoms with Crippen LogP contribution in [0, 0.1) is 6.92 Å². The van der Waals surface area contributed by atoms with Gasteiger partial charge in [-0.1, -0.05) is 6.07 Å². The van der Waals surface area contributed by atoms with E-state index >= 15 is 0 Å². The quantitative estimate of drug-likeness (QED) is 0.555. The summed E-state index contributed by atoms with van der Waals surface area (Å²) in [5.41, 5.74) is 5.97. The van der Waals surface area contributed by atoms with Crippen LogP contribution >= 0.6 is 0 Å². The summed E-state index contributed by atoms with van der Waals surface area (Å²) in [6, 6.07) is 6.98. The van der Waals surface area contributed by atoms with Gasteiger partial charge in [0.2, 0.25) is 10.0 Å². The van der Waals surface area contributed by atoms with Gasteiger partial charge in [-0.25, -0.2) is 13.4 Å². The van der Waals surface area contributed by atoms with Crippen LogP contribution in [0.25, 0.3) is 22.3 Å². The van der Waals surface area contributed by atoms with Gasteiger partial charge in [0, 0.05) is 31.5 Å². The topological polar surface area (TPSA) is 125 Å². The van der Waals surface area contributed by atoms with Crippen LogP contribution in [0.15, 0.2) is 35.2 Å². The largest absolute Gasteiger partial charge is 0.417 e. The number of fused-ring (bicyclic) bond motifs is 1. The molecule has 0 unspecified atom stereocenters. The highest BCUT2D eigenvalue weighted by Gasteiger charge is 2.62. The molecule has 1 fully saturated rings. The lowest BCUT2D eigenvalue weighted by Crippen LogP contribution is -2.62. The fraction of sp³-hybridized carbons (Fsp3) is 0.368. The van der Waals surface area contributed by atoms with Gasteiger partial charge in [-0.05, 0) is 36.8 Å². The van der Waals surface area contributed by atoms with Crippen molar-refractivity contribution >= 4 is 26.9 Å². The number of hydrogen-bond donors (Lipinski definition) is 3. The number of pyridine rings is 1. The molecule has 4 rings (SSSR count). The molecule has 0 saturated heterocycles. The molecule has 3 aromatic rings. The molecule has 2 heterocycles. The molecule has 0 bridgehead atoms. The van der Waals surface area contributed by atoms with Crippen molar-refractivity contribution in [3.63, 3.8) is 0 Å². The van der Waals surface area contributed by atoms with E-state index in [1.807, 2.05) is 0 Å². The molecular weight excluding hydrogens is 435 g/mol. The highest BCUT2D eigenvalue weighted by molar-refractivity contribution is 7.89. The molecule has 4 N–H and O–H groups in total. The van der Waals surface area contributed by atoms with E-state index in [0.29, 0.717) is 27.9 Å². The Morgan fingerprint density at radius 1 is 1.26 bits per heavy atom. The molecule has 2 aromatic heterocycles. The van der Waals surface area contributed by atoms with E-state index in [1.54, 1.807) is 25.1 Å². The first-order valence-electron chi connectivity index (χ1n) is 9.32. The fourth-order valence-corrected chi connectivity index (χ4v) is 5.16. The predicted octanol–water partition coefficient (Wildman–Crippen LogP) is 2.59. The van der Waals surface area contributed by atoms with Crippen molar-refractivity contribution < 1.29 is 26.7 Å². The number of aromatic amines is 1. The number of rotatable bonds is 4. The Balaban J connectivity index is 1.60. The molecule has 0 atom stereocenters. The third-order valence-corrected chi connectivity index (χ3v) is 7.68. The Morgan fingerprint density at radius 2 is 1.94 bits per heavy atom. The number of anilines is 1. The van der Waals surface area contributed by atoms with E-state index < -0.39 is 40.7 Å². The van der Waals surface area contributed by atoms with Crippen molar-refractivity contribution in [3.8, 4) is 11.3 Å². The summed E-state index contributed by atoms with van der Waals surface area (Å²) in [6.45, 7) is 1.71. The molecule has 1 saturated carbocycles. The number of aryl methyl sites for hydroxylation is 1. The number of H-pyrrole nitrogens is 1. The van der Waals surface area contributed by atoms with Crippen LogP contribution in [-0.4, -0.2) is 57.9 Å². The Bertz CT molecular complexity index is 1270. The van der Waals surface area contributed by atoms with E-state index in [0.717, 1.165) is 4.31 Å². The number of hydrogen-bond acceptors (Lipinski definition) is 6. The number of nitrogens with two attached hydrogens (primary N) is 1. The average Bonchev–Trinajstić information content (AvgIpc) is 3.04. The van der Waals surface area contributed by atoms with E-state index in [-0.39, 0.29) is 10.7 Å². The molecule has 0 aliphatic heterocycles. The number of nitrogens with one attached hydrogen (secondary N) is 1. The molecule has 1 aliphatic rings. The lowest BCUT2D eigenvalue weighted by atomic mass is 9.75. The van der Waals surface area contributed by atoms with Crippen LogP contribution in [-0.2, 0) is 10.0 Å². The van der Waals surface area contributed by atoms with Crippen molar-refractivity contribution in [2.75, 3.05) is 12.8 Å². The number of alkyl halides is 3. The zero-order valence-electron chi connectivity index (χ0n) is 16.6. The molecule has 0 radical (unpaired) electrons. The molecule has 166 valence electrons. The summed E-state index contributed by atoms with van der Waals surface area (Å²) in [5, 5.41) is 16.3. The molecule has 8 nitrogen and oxygen atoms in total. The van der Waals surface area contributed by atoms with Crippen molar-refractivity contribution in [2.45, 2.75) is 42.5 Å². The van der Waals surface area contributed by atoms with Gasteiger partial charge in [-0.3, -0.25) is 5.10 Å². The van der Waals surface area contributed by atoms with Crippen LogP contribution in [0.2, 0.25) is 0 Å². The van der Waals surface area contributed by atoms with Gasteiger partial charge >= 0.3 is 6.18 Å². The summed E-state index contributed by atoms with van der Waals surface area (Å²) in [7, 11) is -2.83. The van der Waals surface area contributed by atoms with Gasteiger partial charge < -0.3 is 10.8 Å². The number of benzene rings is 1. The van der Waals surface area contributed by atoms with Crippen LogP contribution in [0.4, 0.5) is 19.0 Å². The summed E-state index contributed by atoms with van der Waals surface area (Å²) >= 11 is 0. The SMILES string of the molecule is Cc1cc(S(=O)(=O)N(C)C2CC(O)(C(F)(F)F)C2)ccc1-c1ccc2[nH]nc(N)c2n1. The fourth-order valence-electron chi connectivity index (χ4n) is 3.72. The maximum Gasteiger partial charge on any atom is 0.417 e. The molecule has 1 aliphatic carbocycles. The summed E-state index contributed by atoms with van der Waals surface area (Å²) in [5.74, 6) is 0.245. The lowest BCUT2D eigenvalue weighted by molar-refractivity contribution is -0.295. The first-order valence-corrected chi connectivity index (χ1v) is 10.8. The monoisotopic (exact) mass is 455 g/mol. The van der Waals surface area contributed by atoms with E-state index in [4.69, 9.17) is 5.73 Å². The second kappa shape index (κ2) is 6.90. The molecule has 31 heavy (non-hydrogen) atoms. The van der Waals surface area contributed by atoms with Crippen LogP contribution in [0.3, 0.4) is 0 Å². The van der Waals surface area contributed by atoms with Crippen LogP contribution in [0.5, 0.6) is 0 Å². The van der Waals surface area contributed by atoms with Gasteiger partial charge in [0.05, 0.1) is 16.1 Å². The molecule has 1 aromatic carbocycles. The predicted molar refractivity (Wildman–Crippen MR) is 107 cm³/mol. The molecule has 12 heteroatoms. The lowest BCUT2D eigenvalue weighted by Gasteiger charge is -2.47. The first-order chi connectivity index (χ1) is 14.3. The van der Waals surface area contributed by atoms with Crippen molar-refractivity contribution in [1.82, 2.24) is 19.5 Å². The molecule has 0 spiro atoms. The van der Waals surface area contributed by atoms with Crippen molar-refractivity contribution in [1.29, 1.82) is 0 Å². The number of aliphatic hydroxyl groups is 1. The van der Waals surface area contributed by atoms with E-state index in [9.17, 15) is 26.7 Å². The maximum absolute atomic E-state index is 12.9. The van der Waals surface area contributed by atoms with Gasteiger partial charge in [0.15, 0.2) is 11.4 Å². The van der Waals surface area contributed by atoms with Gasteiger partial charge in [-0.15, -0.1) is 0 Å². The van der Waals surface area contributed by atoms with Gasteiger partial charge in [0.25, 0.3) is 0 Å². The standard InChI is InChI=1S/C19H20F3N5O3S/c1-10-7-12(31(29,30)27(2)11-8-18(28,9-11)19(20,21)22)3-4-13(10)14-5-6-15-16(24-14)17(23)26-25-15/h3-7,11,28H,8-9H2,1-2H3,(H3,23,25,26). The second-order valence-electron chi connectivity index (χ2n) is 7.79. The maximum atomic E-state index is 12.9. The summed E-state index contributed by atoms with van der Waals surface area (Å²) < 4.78 is 65.3. The van der Waals surface area contributed by atoms with Crippen LogP contribution < -0.4 is 5.73 Å². The Kier molecular flexibility index (Phi) is 4.79. The van der Waals surface area contributed by atoms with Gasteiger partial charge in [-0.2, -0.15) is 22.6 Å². The minimum Gasteiger partial charge on any atom is -0.380 e. The smallest absolute Gasteiger partial charge is 0.380 e. The zero-order valence-corrected chi connectivity index (χ0v) is 17.4. The normalized spacial score (nSPS) is 22.1. The Morgan fingerprint density at radius 3 is 2.55 bits per heavy atom. The van der Waals surface area contributed by atoms with E-state index in [1.165, 1.54) is 19.2 Å².